The molecule has 4 nitrogen and oxygen atoms in total. The molecule has 0 saturated carbocycles. The minimum atomic E-state index is 0.893. The van der Waals surface area contributed by atoms with Gasteiger partial charge >= 0.3 is 0 Å². The summed E-state index contributed by atoms with van der Waals surface area (Å²) in [5, 5.41) is 0. The molecule has 3 rings (SSSR count). The lowest BCUT2D eigenvalue weighted by Gasteiger charge is -2.37. The number of nitrogens with zero attached hydrogens (tertiary/aromatic N) is 4. The molecule has 1 saturated heterocycles. The van der Waals surface area contributed by atoms with E-state index in [0.29, 0.717) is 0 Å². The summed E-state index contributed by atoms with van der Waals surface area (Å²) in [6.07, 6.45) is 0. The van der Waals surface area contributed by atoms with Gasteiger partial charge < -0.3 is 19.6 Å². The molecule has 1 aliphatic heterocycles. The predicted octanol–water partition coefficient (Wildman–Crippen LogP) is 3.49. The molecule has 0 atom stereocenters. The third-order valence-corrected chi connectivity index (χ3v) is 6.10. The van der Waals surface area contributed by atoms with Crippen LogP contribution in [-0.2, 0) is 0 Å². The molecule has 1 fully saturated rings. The van der Waals surface area contributed by atoms with Crippen molar-refractivity contribution >= 4 is 45.8 Å². The number of rotatable bonds is 4. The first-order chi connectivity index (χ1) is 13.4. The van der Waals surface area contributed by atoms with E-state index in [1.165, 1.54) is 11.4 Å². The van der Waals surface area contributed by atoms with Gasteiger partial charge in [-0.2, -0.15) is 0 Å². The monoisotopic (exact) mass is 412 g/mol. The largest absolute Gasteiger partial charge is 0.378 e. The van der Waals surface area contributed by atoms with Crippen LogP contribution in [0.1, 0.15) is 11.1 Å². The van der Waals surface area contributed by atoms with E-state index in [1.807, 2.05) is 28.2 Å². The average Bonchev–Trinajstić information content (AvgIpc) is 2.73. The Labute approximate surface area is 179 Å². The van der Waals surface area contributed by atoms with Crippen molar-refractivity contribution in [3.8, 4) is 0 Å². The molecule has 0 amide bonds. The molecule has 1 heterocycles. The topological polar surface area (TPSA) is 13.0 Å². The number of thiocarbonyl (C=S) groups is 2. The Morgan fingerprint density at radius 2 is 0.893 bits per heavy atom. The van der Waals surface area contributed by atoms with Crippen molar-refractivity contribution in [3.63, 3.8) is 0 Å². The van der Waals surface area contributed by atoms with Crippen molar-refractivity contribution in [2.24, 2.45) is 0 Å². The van der Waals surface area contributed by atoms with Crippen molar-refractivity contribution in [3.05, 3.63) is 59.7 Å². The lowest BCUT2D eigenvalue weighted by atomic mass is 10.1. The summed E-state index contributed by atoms with van der Waals surface area (Å²) in [7, 11) is 8.18. The Morgan fingerprint density at radius 1 is 0.607 bits per heavy atom. The second-order valence-corrected chi connectivity index (χ2v) is 8.24. The molecule has 0 aliphatic carbocycles. The van der Waals surface area contributed by atoms with Crippen LogP contribution in [0, 0.1) is 0 Å². The molecular formula is C22H28N4S2. The zero-order valence-electron chi connectivity index (χ0n) is 17.1. The Bertz CT molecular complexity index is 749. The first-order valence-corrected chi connectivity index (χ1v) is 10.3. The van der Waals surface area contributed by atoms with Crippen LogP contribution in [0.4, 0.5) is 11.4 Å². The number of piperazine rings is 1. The Balaban J connectivity index is 1.59. The lowest BCUT2D eigenvalue weighted by Crippen LogP contribution is -2.50. The second kappa shape index (κ2) is 8.88. The Hall–Kier alpha value is -2.18. The van der Waals surface area contributed by atoms with E-state index in [4.69, 9.17) is 24.4 Å². The second-order valence-electron chi connectivity index (χ2n) is 7.47. The molecule has 0 unspecified atom stereocenters. The molecule has 0 N–H and O–H groups in total. The fourth-order valence-electron chi connectivity index (χ4n) is 3.28. The highest BCUT2D eigenvalue weighted by atomic mass is 32.1. The summed E-state index contributed by atoms with van der Waals surface area (Å²) in [5.74, 6) is 0. The standard InChI is InChI=1S/C22H28N4S2/c1-23(2)19-9-5-17(6-10-19)21(27)25-13-15-26(16-14-25)22(28)18-7-11-20(12-8-18)24(3)4/h5-12H,13-16H2,1-4H3. The van der Waals surface area contributed by atoms with Gasteiger partial charge in [0, 0.05) is 76.9 Å². The molecule has 0 aromatic heterocycles. The number of benzene rings is 2. The molecule has 0 spiro atoms. The summed E-state index contributed by atoms with van der Waals surface area (Å²) >= 11 is 11.5. The van der Waals surface area contributed by atoms with Gasteiger partial charge in [0.25, 0.3) is 0 Å². The summed E-state index contributed by atoms with van der Waals surface area (Å²) in [4.78, 5) is 10.6. The quantitative estimate of drug-likeness (QED) is 0.708. The van der Waals surface area contributed by atoms with E-state index in [2.05, 4.69) is 68.1 Å². The van der Waals surface area contributed by atoms with Gasteiger partial charge in [-0.3, -0.25) is 0 Å². The van der Waals surface area contributed by atoms with E-state index in [0.717, 1.165) is 47.3 Å². The summed E-state index contributed by atoms with van der Waals surface area (Å²) in [6, 6.07) is 16.9. The minimum Gasteiger partial charge on any atom is -0.378 e. The van der Waals surface area contributed by atoms with E-state index in [1.54, 1.807) is 0 Å². The van der Waals surface area contributed by atoms with Crippen LogP contribution < -0.4 is 9.80 Å². The molecule has 1 aliphatic rings. The molecule has 6 heteroatoms. The van der Waals surface area contributed by atoms with Crippen LogP contribution in [0.3, 0.4) is 0 Å². The van der Waals surface area contributed by atoms with Gasteiger partial charge in [-0.25, -0.2) is 0 Å². The lowest BCUT2D eigenvalue weighted by molar-refractivity contribution is 0.265. The highest BCUT2D eigenvalue weighted by Gasteiger charge is 2.22. The number of hydrogen-bond donors (Lipinski definition) is 0. The van der Waals surface area contributed by atoms with E-state index in [9.17, 15) is 0 Å². The molecular weight excluding hydrogens is 384 g/mol. The van der Waals surface area contributed by atoms with Gasteiger partial charge in [-0.05, 0) is 48.5 Å². The fourth-order valence-corrected chi connectivity index (χ4v) is 3.92. The molecule has 2 aromatic carbocycles. The molecule has 0 radical (unpaired) electrons. The normalized spacial score (nSPS) is 14.0. The first-order valence-electron chi connectivity index (χ1n) is 9.50. The van der Waals surface area contributed by atoms with E-state index >= 15 is 0 Å². The number of anilines is 2. The van der Waals surface area contributed by atoms with Gasteiger partial charge in [0.05, 0.1) is 0 Å². The van der Waals surface area contributed by atoms with Gasteiger partial charge in [-0.1, -0.05) is 24.4 Å². The molecule has 28 heavy (non-hydrogen) atoms. The molecule has 148 valence electrons. The van der Waals surface area contributed by atoms with Crippen LogP contribution in [0.15, 0.2) is 48.5 Å². The van der Waals surface area contributed by atoms with Gasteiger partial charge in [0.1, 0.15) is 9.98 Å². The molecule has 2 aromatic rings. The predicted molar refractivity (Wildman–Crippen MR) is 128 cm³/mol. The third-order valence-electron chi connectivity index (χ3n) is 5.12. The van der Waals surface area contributed by atoms with Gasteiger partial charge in [0.15, 0.2) is 0 Å². The van der Waals surface area contributed by atoms with Crippen molar-refractivity contribution in [2.45, 2.75) is 0 Å². The van der Waals surface area contributed by atoms with Crippen molar-refractivity contribution in [2.75, 3.05) is 64.2 Å². The third kappa shape index (κ3) is 4.62. The van der Waals surface area contributed by atoms with Gasteiger partial charge in [0.2, 0.25) is 0 Å². The highest BCUT2D eigenvalue weighted by Crippen LogP contribution is 2.18. The average molecular weight is 413 g/mol. The zero-order valence-corrected chi connectivity index (χ0v) is 18.7. The summed E-state index contributed by atoms with van der Waals surface area (Å²) < 4.78 is 0. The maximum atomic E-state index is 5.74. The Kier molecular flexibility index (Phi) is 6.52. The maximum Gasteiger partial charge on any atom is 0.109 e. The highest BCUT2D eigenvalue weighted by molar-refractivity contribution is 7.81. The van der Waals surface area contributed by atoms with Gasteiger partial charge in [-0.15, -0.1) is 0 Å². The van der Waals surface area contributed by atoms with Crippen LogP contribution in [-0.4, -0.2) is 74.1 Å². The fraction of sp³-hybridized carbons (Fsp3) is 0.364. The van der Waals surface area contributed by atoms with Crippen molar-refractivity contribution < 1.29 is 0 Å². The first kappa shape index (κ1) is 20.6. The summed E-state index contributed by atoms with van der Waals surface area (Å²) in [6.45, 7) is 3.57. The van der Waals surface area contributed by atoms with Crippen molar-refractivity contribution in [1.29, 1.82) is 0 Å². The van der Waals surface area contributed by atoms with E-state index < -0.39 is 0 Å². The van der Waals surface area contributed by atoms with Crippen LogP contribution >= 0.6 is 24.4 Å². The summed E-state index contributed by atoms with van der Waals surface area (Å²) in [5.41, 5.74) is 4.58. The smallest absolute Gasteiger partial charge is 0.109 e. The van der Waals surface area contributed by atoms with E-state index in [-0.39, 0.29) is 0 Å². The van der Waals surface area contributed by atoms with Crippen molar-refractivity contribution in [1.82, 2.24) is 9.80 Å². The number of hydrogen-bond acceptors (Lipinski definition) is 4. The zero-order chi connectivity index (χ0) is 20.3. The SMILES string of the molecule is CN(C)c1ccc(C(=S)N2CCN(C(=S)c3ccc(N(C)C)cc3)CC2)cc1. The molecule has 0 bridgehead atoms. The van der Waals surface area contributed by atoms with Crippen LogP contribution in [0.2, 0.25) is 0 Å². The maximum absolute atomic E-state index is 5.74. The van der Waals surface area contributed by atoms with Crippen LogP contribution in [0.25, 0.3) is 0 Å². The minimum absolute atomic E-state index is 0.893. The van der Waals surface area contributed by atoms with Crippen LogP contribution in [0.5, 0.6) is 0 Å². The Morgan fingerprint density at radius 3 is 1.14 bits per heavy atom.